The molecule has 1 saturated heterocycles. The number of carbonyl (C=O) groups excluding carboxylic acids is 3. The van der Waals surface area contributed by atoms with Gasteiger partial charge in [0.2, 0.25) is 5.91 Å². The van der Waals surface area contributed by atoms with E-state index in [1.165, 1.54) is 19.3 Å². The lowest BCUT2D eigenvalue weighted by molar-refractivity contribution is -0.149. The second kappa shape index (κ2) is 16.5. The Balaban J connectivity index is 1.38. The number of nitrogens with zero attached hydrogens (tertiary/aromatic N) is 2. The van der Waals surface area contributed by atoms with Crippen LogP contribution in [0.5, 0.6) is 0 Å². The number of carbonyl (C=O) groups is 3. The van der Waals surface area contributed by atoms with Crippen molar-refractivity contribution in [3.05, 3.63) is 82.7 Å². The van der Waals surface area contributed by atoms with Gasteiger partial charge >= 0.3 is 6.09 Å². The number of hydrogen-bond acceptors (Lipinski definition) is 7. The quantitative estimate of drug-likeness (QED) is 0.178. The van der Waals surface area contributed by atoms with Crippen LogP contribution in [0.15, 0.2) is 66.7 Å². The molecule has 0 unspecified atom stereocenters. The van der Waals surface area contributed by atoms with Crippen LogP contribution in [0.25, 0.3) is 10.4 Å². The van der Waals surface area contributed by atoms with Gasteiger partial charge in [0.15, 0.2) is 6.10 Å². The van der Waals surface area contributed by atoms with Gasteiger partial charge in [0.05, 0.1) is 12.6 Å². The van der Waals surface area contributed by atoms with E-state index in [9.17, 15) is 19.5 Å². The smallest absolute Gasteiger partial charge is 0.417 e. The van der Waals surface area contributed by atoms with Crippen molar-refractivity contribution in [1.82, 2.24) is 9.80 Å². The maximum absolute atomic E-state index is 13.6. The number of aliphatic hydroxyl groups is 1. The van der Waals surface area contributed by atoms with E-state index in [-0.39, 0.29) is 19.1 Å². The lowest BCUT2D eigenvalue weighted by atomic mass is 10.00. The van der Waals surface area contributed by atoms with Crippen LogP contribution in [0.1, 0.15) is 74.5 Å². The van der Waals surface area contributed by atoms with Crippen molar-refractivity contribution in [1.29, 1.82) is 0 Å². The van der Waals surface area contributed by atoms with Crippen LogP contribution < -0.4 is 0 Å². The molecule has 1 N–H and O–H groups in total. The average molecular weight is 621 g/mol. The van der Waals surface area contributed by atoms with E-state index in [0.29, 0.717) is 24.9 Å². The molecule has 0 radical (unpaired) electrons. The van der Waals surface area contributed by atoms with Gasteiger partial charge in [-0.05, 0) is 48.6 Å². The Bertz CT molecular complexity index is 1360. The minimum absolute atomic E-state index is 0.0922. The standard InChI is InChI=1S/C35H44N2O6S/c1-4-6-7-8-12-15-31(38)36(3)23-29-20-21-30(44-29)26-16-18-27(19-17-26)32(39)33(42-5-2)34(40)37-28(24-43-35(37)41)22-25-13-10-9-11-14-25/h9-11,13-14,16-21,28,32-33,39H,4-8,12,15,22-24H2,1-3H3/t28-,32-,33-/m0/s1. The zero-order chi connectivity index (χ0) is 31.5. The van der Waals surface area contributed by atoms with E-state index in [4.69, 9.17) is 9.47 Å². The highest BCUT2D eigenvalue weighted by Gasteiger charge is 2.43. The normalized spacial score (nSPS) is 16.0. The van der Waals surface area contributed by atoms with Crippen molar-refractivity contribution in [2.75, 3.05) is 20.3 Å². The molecule has 3 amide bonds. The highest BCUT2D eigenvalue weighted by molar-refractivity contribution is 7.15. The number of hydrogen-bond donors (Lipinski definition) is 1. The van der Waals surface area contributed by atoms with E-state index < -0.39 is 30.3 Å². The van der Waals surface area contributed by atoms with Gasteiger partial charge in [-0.1, -0.05) is 87.2 Å². The molecule has 2 heterocycles. The largest absolute Gasteiger partial charge is 0.447 e. The van der Waals surface area contributed by atoms with Crippen LogP contribution in [0, 0.1) is 0 Å². The van der Waals surface area contributed by atoms with Gasteiger partial charge in [-0.3, -0.25) is 9.59 Å². The first-order valence-corrected chi connectivity index (χ1v) is 16.4. The second-order valence-electron chi connectivity index (χ2n) is 11.3. The molecule has 1 aliphatic rings. The Morgan fingerprint density at radius 2 is 1.75 bits per heavy atom. The van der Waals surface area contributed by atoms with Crippen molar-refractivity contribution in [2.45, 2.75) is 83.6 Å². The molecular formula is C35H44N2O6S. The molecular weight excluding hydrogens is 576 g/mol. The van der Waals surface area contributed by atoms with Gasteiger partial charge in [0, 0.05) is 29.8 Å². The molecule has 0 saturated carbocycles. The van der Waals surface area contributed by atoms with Gasteiger partial charge in [-0.25, -0.2) is 9.69 Å². The third kappa shape index (κ3) is 8.77. The first kappa shape index (κ1) is 33.4. The topological polar surface area (TPSA) is 96.4 Å². The number of ether oxygens (including phenoxy) is 2. The highest BCUT2D eigenvalue weighted by atomic mass is 32.1. The Kier molecular flexibility index (Phi) is 12.5. The van der Waals surface area contributed by atoms with Crippen LogP contribution in [0.2, 0.25) is 0 Å². The summed E-state index contributed by atoms with van der Waals surface area (Å²) >= 11 is 1.62. The fourth-order valence-electron chi connectivity index (χ4n) is 5.41. The monoisotopic (exact) mass is 620 g/mol. The molecule has 236 valence electrons. The Hall–Kier alpha value is -3.53. The molecule has 2 aromatic carbocycles. The maximum Gasteiger partial charge on any atom is 0.417 e. The molecule has 44 heavy (non-hydrogen) atoms. The SMILES string of the molecule is CCCCCCCC(=O)N(C)Cc1ccc(-c2ccc([C@H](O)[C@H](OCC)C(=O)N3C(=O)OC[C@@H]3Cc3ccccc3)cc2)s1. The van der Waals surface area contributed by atoms with Crippen LogP contribution in [0.3, 0.4) is 0 Å². The first-order valence-electron chi connectivity index (χ1n) is 15.6. The highest BCUT2D eigenvalue weighted by Crippen LogP contribution is 2.31. The minimum Gasteiger partial charge on any atom is -0.447 e. The summed E-state index contributed by atoms with van der Waals surface area (Å²) < 4.78 is 10.9. The fraction of sp³-hybridized carbons (Fsp3) is 0.457. The molecule has 4 rings (SSSR count). The van der Waals surface area contributed by atoms with Gasteiger partial charge in [-0.15, -0.1) is 11.3 Å². The molecule has 0 bridgehead atoms. The molecule has 8 nitrogen and oxygen atoms in total. The number of benzene rings is 2. The molecule has 0 spiro atoms. The van der Waals surface area contributed by atoms with Crippen molar-refractivity contribution in [2.24, 2.45) is 0 Å². The lowest BCUT2D eigenvalue weighted by Gasteiger charge is -2.28. The summed E-state index contributed by atoms with van der Waals surface area (Å²) in [6, 6.07) is 20.5. The predicted molar refractivity (Wildman–Crippen MR) is 172 cm³/mol. The van der Waals surface area contributed by atoms with Crippen molar-refractivity contribution in [3.63, 3.8) is 0 Å². The number of rotatable bonds is 16. The van der Waals surface area contributed by atoms with Crippen LogP contribution in [0.4, 0.5) is 4.79 Å². The summed E-state index contributed by atoms with van der Waals surface area (Å²) in [5, 5.41) is 11.3. The van der Waals surface area contributed by atoms with E-state index in [2.05, 4.69) is 6.92 Å². The Morgan fingerprint density at radius 3 is 2.45 bits per heavy atom. The average Bonchev–Trinajstić information content (AvgIpc) is 3.65. The van der Waals surface area contributed by atoms with E-state index in [1.54, 1.807) is 35.3 Å². The number of imide groups is 1. The van der Waals surface area contributed by atoms with Gasteiger partial charge in [0.25, 0.3) is 5.91 Å². The number of amides is 3. The van der Waals surface area contributed by atoms with Gasteiger partial charge in [-0.2, -0.15) is 0 Å². The number of unbranched alkanes of at least 4 members (excludes halogenated alkanes) is 4. The molecule has 1 fully saturated rings. The van der Waals surface area contributed by atoms with Crippen LogP contribution in [-0.4, -0.2) is 65.2 Å². The third-order valence-electron chi connectivity index (χ3n) is 7.90. The molecule has 1 aliphatic heterocycles. The van der Waals surface area contributed by atoms with Crippen molar-refractivity contribution >= 4 is 29.2 Å². The predicted octanol–water partition coefficient (Wildman–Crippen LogP) is 6.76. The number of aliphatic hydroxyl groups excluding tert-OH is 1. The van der Waals surface area contributed by atoms with Crippen molar-refractivity contribution in [3.8, 4) is 10.4 Å². The molecule has 1 aromatic heterocycles. The molecule has 3 aromatic rings. The van der Waals surface area contributed by atoms with Gasteiger partial charge < -0.3 is 19.5 Å². The van der Waals surface area contributed by atoms with Gasteiger partial charge in [0.1, 0.15) is 12.7 Å². The second-order valence-corrected chi connectivity index (χ2v) is 12.4. The first-order chi connectivity index (χ1) is 21.3. The Morgan fingerprint density at radius 1 is 1.02 bits per heavy atom. The zero-order valence-corrected chi connectivity index (χ0v) is 26.8. The summed E-state index contributed by atoms with van der Waals surface area (Å²) in [6.45, 7) is 4.77. The molecule has 9 heteroatoms. The Labute approximate surface area is 264 Å². The lowest BCUT2D eigenvalue weighted by Crippen LogP contribution is -2.48. The molecule has 3 atom stereocenters. The molecule has 0 aliphatic carbocycles. The number of cyclic esters (lactones) is 1. The zero-order valence-electron chi connectivity index (χ0n) is 25.9. The van der Waals surface area contributed by atoms with E-state index in [1.807, 2.05) is 61.6 Å². The minimum atomic E-state index is -1.28. The summed E-state index contributed by atoms with van der Waals surface area (Å²) in [6.07, 6.45) is 3.40. The fourth-order valence-corrected chi connectivity index (χ4v) is 6.48. The summed E-state index contributed by atoms with van der Waals surface area (Å²) in [4.78, 5) is 43.8. The van der Waals surface area contributed by atoms with Crippen LogP contribution >= 0.6 is 11.3 Å². The maximum atomic E-state index is 13.6. The van der Waals surface area contributed by atoms with E-state index in [0.717, 1.165) is 38.6 Å². The van der Waals surface area contributed by atoms with Crippen LogP contribution in [-0.2, 0) is 32.0 Å². The van der Waals surface area contributed by atoms with Crippen molar-refractivity contribution < 1.29 is 29.0 Å². The summed E-state index contributed by atoms with van der Waals surface area (Å²) in [7, 11) is 1.85. The third-order valence-corrected chi connectivity index (χ3v) is 9.02. The number of thiophene rings is 1. The van der Waals surface area contributed by atoms with E-state index >= 15 is 0 Å². The summed E-state index contributed by atoms with van der Waals surface area (Å²) in [5.74, 6) is -0.448. The summed E-state index contributed by atoms with van der Waals surface area (Å²) in [5.41, 5.74) is 2.45.